The van der Waals surface area contributed by atoms with Gasteiger partial charge >= 0.3 is 0 Å². The fourth-order valence-electron chi connectivity index (χ4n) is 3.54. The van der Waals surface area contributed by atoms with Gasteiger partial charge in [0.1, 0.15) is 5.69 Å². The molecular formula is C22H13N5S. The molecule has 132 valence electrons. The molecule has 6 rings (SSSR count). The van der Waals surface area contributed by atoms with Crippen LogP contribution in [0.5, 0.6) is 0 Å². The summed E-state index contributed by atoms with van der Waals surface area (Å²) in [6, 6.07) is 24.2. The van der Waals surface area contributed by atoms with Crippen molar-refractivity contribution >= 4 is 54.2 Å². The van der Waals surface area contributed by atoms with E-state index in [1.807, 2.05) is 60.7 Å². The van der Waals surface area contributed by atoms with E-state index in [0.717, 1.165) is 49.1 Å². The SMILES string of the molecule is c1ccc2[nH]c3c(N=Nc4nc5ccccc5s4)c4ccccc4c-3nc2c1. The van der Waals surface area contributed by atoms with Crippen LogP contribution in [-0.2, 0) is 0 Å². The second kappa shape index (κ2) is 5.94. The molecule has 0 saturated carbocycles. The monoisotopic (exact) mass is 379 g/mol. The number of nitrogens with zero attached hydrogens (tertiary/aromatic N) is 4. The summed E-state index contributed by atoms with van der Waals surface area (Å²) in [6.07, 6.45) is 0. The van der Waals surface area contributed by atoms with E-state index in [0.29, 0.717) is 5.13 Å². The number of aromatic amines is 1. The fraction of sp³-hybridized carbons (Fsp3) is 0. The van der Waals surface area contributed by atoms with Crippen molar-refractivity contribution in [3.63, 3.8) is 0 Å². The van der Waals surface area contributed by atoms with Crippen molar-refractivity contribution in [3.05, 3.63) is 72.8 Å². The van der Waals surface area contributed by atoms with E-state index >= 15 is 0 Å². The van der Waals surface area contributed by atoms with Crippen LogP contribution < -0.4 is 0 Å². The largest absolute Gasteiger partial charge is 0.350 e. The standard InChI is InChI=1S/C22H13N5S/c1-2-8-14-13(7-1)19-21(24-16-10-4-3-9-15(16)23-19)20(14)26-27-22-25-17-11-5-6-12-18(17)28-22/h1-12,24H. The average Bonchev–Trinajstić information content (AvgIpc) is 3.29. The maximum Gasteiger partial charge on any atom is 0.231 e. The third kappa shape index (κ3) is 2.32. The number of nitrogens with one attached hydrogen (secondary N) is 1. The van der Waals surface area contributed by atoms with Crippen LogP contribution in [-0.4, -0.2) is 15.0 Å². The van der Waals surface area contributed by atoms with E-state index in [9.17, 15) is 0 Å². The lowest BCUT2D eigenvalue weighted by Gasteiger charge is -2.04. The zero-order valence-corrected chi connectivity index (χ0v) is 15.4. The highest BCUT2D eigenvalue weighted by Gasteiger charge is 2.20. The Morgan fingerprint density at radius 1 is 0.714 bits per heavy atom. The van der Waals surface area contributed by atoms with Crippen molar-refractivity contribution in [1.82, 2.24) is 15.0 Å². The predicted molar refractivity (Wildman–Crippen MR) is 114 cm³/mol. The number of aromatic nitrogens is 3. The summed E-state index contributed by atoms with van der Waals surface area (Å²) >= 11 is 1.54. The van der Waals surface area contributed by atoms with E-state index < -0.39 is 0 Å². The van der Waals surface area contributed by atoms with Crippen molar-refractivity contribution in [2.45, 2.75) is 0 Å². The zero-order valence-electron chi connectivity index (χ0n) is 14.6. The molecule has 2 heterocycles. The number of hydrogen-bond donors (Lipinski definition) is 1. The second-order valence-corrected chi connectivity index (χ2v) is 7.55. The van der Waals surface area contributed by atoms with Crippen LogP contribution in [0.2, 0.25) is 0 Å². The Bertz CT molecular complexity index is 1440. The molecule has 0 amide bonds. The highest BCUT2D eigenvalue weighted by Crippen LogP contribution is 2.44. The lowest BCUT2D eigenvalue weighted by Crippen LogP contribution is -1.89. The Balaban J connectivity index is 1.59. The number of fused-ring (bicyclic) bond motifs is 5. The van der Waals surface area contributed by atoms with Gasteiger partial charge in [0.15, 0.2) is 0 Å². The average molecular weight is 379 g/mol. The molecular weight excluding hydrogens is 366 g/mol. The Morgan fingerprint density at radius 2 is 1.46 bits per heavy atom. The Hall–Kier alpha value is -3.64. The fourth-order valence-corrected chi connectivity index (χ4v) is 4.33. The molecule has 0 spiro atoms. The summed E-state index contributed by atoms with van der Waals surface area (Å²) in [7, 11) is 0. The molecule has 5 nitrogen and oxygen atoms in total. The molecule has 1 aliphatic heterocycles. The normalized spacial score (nSPS) is 12.1. The number of para-hydroxylation sites is 3. The number of azo groups is 1. The first-order valence-corrected chi connectivity index (χ1v) is 9.75. The van der Waals surface area contributed by atoms with E-state index in [-0.39, 0.29) is 0 Å². The topological polar surface area (TPSA) is 66.3 Å². The number of hydrogen-bond acceptors (Lipinski definition) is 5. The highest BCUT2D eigenvalue weighted by atomic mass is 32.1. The lowest BCUT2D eigenvalue weighted by molar-refractivity contribution is 1.20. The molecule has 0 fully saturated rings. The third-order valence-electron chi connectivity index (χ3n) is 4.83. The number of H-pyrrole nitrogens is 1. The molecule has 0 bridgehead atoms. The van der Waals surface area contributed by atoms with Crippen molar-refractivity contribution < 1.29 is 0 Å². The molecule has 3 aromatic carbocycles. The highest BCUT2D eigenvalue weighted by molar-refractivity contribution is 7.21. The Morgan fingerprint density at radius 3 is 2.36 bits per heavy atom. The Kier molecular flexibility index (Phi) is 3.27. The summed E-state index contributed by atoms with van der Waals surface area (Å²) < 4.78 is 1.10. The molecule has 0 atom stereocenters. The minimum atomic E-state index is 0.647. The minimum Gasteiger partial charge on any atom is -0.350 e. The molecule has 1 aliphatic carbocycles. The van der Waals surface area contributed by atoms with Crippen LogP contribution in [0, 0.1) is 0 Å². The number of rotatable bonds is 2. The molecule has 6 heteroatoms. The summed E-state index contributed by atoms with van der Waals surface area (Å²) in [5.74, 6) is 0. The van der Waals surface area contributed by atoms with Crippen LogP contribution in [0.3, 0.4) is 0 Å². The number of benzene rings is 3. The van der Waals surface area contributed by atoms with Gasteiger partial charge in [0.25, 0.3) is 0 Å². The van der Waals surface area contributed by atoms with Crippen LogP contribution in [0.4, 0.5) is 10.8 Å². The summed E-state index contributed by atoms with van der Waals surface area (Å²) in [5, 5.41) is 11.8. The van der Waals surface area contributed by atoms with Crippen LogP contribution in [0.25, 0.3) is 43.4 Å². The molecule has 0 radical (unpaired) electrons. The van der Waals surface area contributed by atoms with Crippen molar-refractivity contribution in [1.29, 1.82) is 0 Å². The van der Waals surface area contributed by atoms with Gasteiger partial charge < -0.3 is 4.98 Å². The maximum absolute atomic E-state index is 4.87. The summed E-state index contributed by atoms with van der Waals surface area (Å²) in [4.78, 5) is 12.9. The van der Waals surface area contributed by atoms with Crippen molar-refractivity contribution in [3.8, 4) is 11.4 Å². The first-order valence-electron chi connectivity index (χ1n) is 8.93. The van der Waals surface area contributed by atoms with Crippen molar-refractivity contribution in [2.75, 3.05) is 0 Å². The molecule has 28 heavy (non-hydrogen) atoms. The van der Waals surface area contributed by atoms with E-state index in [2.05, 4.69) is 32.3 Å². The van der Waals surface area contributed by atoms with Gasteiger partial charge in [0.2, 0.25) is 5.13 Å². The molecule has 2 aliphatic rings. The quantitative estimate of drug-likeness (QED) is 0.334. The summed E-state index contributed by atoms with van der Waals surface area (Å²) in [5.41, 5.74) is 5.44. The van der Waals surface area contributed by atoms with Gasteiger partial charge in [-0.25, -0.2) is 9.97 Å². The van der Waals surface area contributed by atoms with Crippen LogP contribution in [0.15, 0.2) is 83.0 Å². The van der Waals surface area contributed by atoms with E-state index in [1.54, 1.807) is 0 Å². The predicted octanol–water partition coefficient (Wildman–Crippen LogP) is 6.85. The van der Waals surface area contributed by atoms with E-state index in [1.165, 1.54) is 11.3 Å². The van der Waals surface area contributed by atoms with Gasteiger partial charge in [-0.2, -0.15) is 0 Å². The van der Waals surface area contributed by atoms with Crippen LogP contribution >= 0.6 is 11.3 Å². The van der Waals surface area contributed by atoms with Gasteiger partial charge in [-0.05, 0) is 24.3 Å². The zero-order chi connectivity index (χ0) is 18.5. The number of thiazole rings is 1. The molecule has 0 saturated heterocycles. The smallest absolute Gasteiger partial charge is 0.231 e. The van der Waals surface area contributed by atoms with Gasteiger partial charge in [0.05, 0.1) is 32.6 Å². The van der Waals surface area contributed by atoms with Crippen molar-refractivity contribution in [2.24, 2.45) is 10.2 Å². The molecule has 1 N–H and O–H groups in total. The minimum absolute atomic E-state index is 0.647. The van der Waals surface area contributed by atoms with E-state index in [4.69, 9.17) is 4.98 Å². The second-order valence-electron chi connectivity index (χ2n) is 6.54. The molecule has 4 aromatic rings. The molecule has 0 unspecified atom stereocenters. The molecule has 1 aromatic heterocycles. The van der Waals surface area contributed by atoms with Gasteiger partial charge in [-0.3, -0.25) is 0 Å². The van der Waals surface area contributed by atoms with Gasteiger partial charge in [-0.1, -0.05) is 59.9 Å². The van der Waals surface area contributed by atoms with Gasteiger partial charge in [-0.15, -0.1) is 10.2 Å². The summed E-state index contributed by atoms with van der Waals surface area (Å²) in [6.45, 7) is 0. The van der Waals surface area contributed by atoms with Crippen LogP contribution in [0.1, 0.15) is 0 Å². The lowest BCUT2D eigenvalue weighted by atomic mass is 10.2. The van der Waals surface area contributed by atoms with Gasteiger partial charge in [0, 0.05) is 10.8 Å². The Labute approximate surface area is 163 Å². The maximum atomic E-state index is 4.87. The first-order chi connectivity index (χ1) is 13.9. The first kappa shape index (κ1) is 15.4. The third-order valence-corrected chi connectivity index (χ3v) is 5.75.